The molecule has 0 aliphatic carbocycles. The third-order valence-corrected chi connectivity index (χ3v) is 7.16. The number of halogens is 1. The lowest BCUT2D eigenvalue weighted by molar-refractivity contribution is -0.385. The number of fused-ring (bicyclic) bond motifs is 1. The summed E-state index contributed by atoms with van der Waals surface area (Å²) in [5.41, 5.74) is 2.59. The summed E-state index contributed by atoms with van der Waals surface area (Å²) in [6, 6.07) is 10.8. The van der Waals surface area contributed by atoms with Crippen molar-refractivity contribution in [3.63, 3.8) is 0 Å². The standard InChI is InChI=1S/C27H30ClN7O4/c1-32-8-10-34(11-9-32)12-13-39-25-15-24(38-3)21(14-23(25)35(36)37)30-27-29-16-20(28)26(31-27)19-17-33(2)22-7-5-4-6-18(19)22/h4-7,14-17H,8-13H2,1-3H3,(H,29,30,31). The number of nitrogens with zero attached hydrogens (tertiary/aromatic N) is 6. The van der Waals surface area contributed by atoms with Gasteiger partial charge in [-0.15, -0.1) is 0 Å². The van der Waals surface area contributed by atoms with Crippen LogP contribution in [0.5, 0.6) is 11.5 Å². The van der Waals surface area contributed by atoms with Crippen LogP contribution in [0, 0.1) is 10.1 Å². The van der Waals surface area contributed by atoms with E-state index in [1.807, 2.05) is 42.1 Å². The molecule has 1 fully saturated rings. The molecule has 39 heavy (non-hydrogen) atoms. The van der Waals surface area contributed by atoms with Crippen molar-refractivity contribution in [3.8, 4) is 22.8 Å². The fourth-order valence-electron chi connectivity index (χ4n) is 4.70. The number of aryl methyl sites for hydroxylation is 1. The average molecular weight is 552 g/mol. The maximum Gasteiger partial charge on any atom is 0.313 e. The van der Waals surface area contributed by atoms with Crippen LogP contribution in [-0.4, -0.2) is 82.7 Å². The molecule has 1 aliphatic heterocycles. The van der Waals surface area contributed by atoms with Crippen LogP contribution in [0.2, 0.25) is 5.02 Å². The second-order valence-electron chi connectivity index (χ2n) is 9.46. The van der Waals surface area contributed by atoms with Crippen molar-refractivity contribution in [3.05, 3.63) is 63.9 Å². The maximum atomic E-state index is 11.9. The molecule has 2 aromatic heterocycles. The zero-order valence-corrected chi connectivity index (χ0v) is 22.8. The maximum absolute atomic E-state index is 11.9. The Labute approximate surface area is 231 Å². The van der Waals surface area contributed by atoms with Gasteiger partial charge in [0, 0.05) is 74.6 Å². The molecule has 0 bridgehead atoms. The number of aromatic nitrogens is 3. The number of piperazine rings is 1. The van der Waals surface area contributed by atoms with E-state index in [9.17, 15) is 10.1 Å². The van der Waals surface area contributed by atoms with Gasteiger partial charge in [-0.2, -0.15) is 0 Å². The molecule has 0 amide bonds. The molecule has 3 heterocycles. The monoisotopic (exact) mass is 551 g/mol. The normalized spacial score (nSPS) is 14.5. The zero-order valence-electron chi connectivity index (χ0n) is 22.1. The summed E-state index contributed by atoms with van der Waals surface area (Å²) in [6.07, 6.45) is 3.47. The van der Waals surface area contributed by atoms with Gasteiger partial charge in [0.25, 0.3) is 0 Å². The highest BCUT2D eigenvalue weighted by Crippen LogP contribution is 2.39. The summed E-state index contributed by atoms with van der Waals surface area (Å²) >= 11 is 6.50. The highest BCUT2D eigenvalue weighted by molar-refractivity contribution is 6.33. The topological polar surface area (TPSA) is 111 Å². The Morgan fingerprint density at radius 1 is 1.13 bits per heavy atom. The van der Waals surface area contributed by atoms with Gasteiger partial charge >= 0.3 is 5.69 Å². The Morgan fingerprint density at radius 3 is 2.64 bits per heavy atom. The lowest BCUT2D eigenvalue weighted by atomic mass is 10.1. The molecule has 11 nitrogen and oxygen atoms in total. The number of hydrogen-bond donors (Lipinski definition) is 1. The molecule has 1 N–H and O–H groups in total. The largest absolute Gasteiger partial charge is 0.494 e. The van der Waals surface area contributed by atoms with E-state index in [1.165, 1.54) is 25.4 Å². The van der Waals surface area contributed by atoms with Crippen LogP contribution in [0.4, 0.5) is 17.3 Å². The summed E-state index contributed by atoms with van der Waals surface area (Å²) in [7, 11) is 5.54. The second kappa shape index (κ2) is 11.4. The van der Waals surface area contributed by atoms with Crippen LogP contribution in [-0.2, 0) is 7.05 Å². The summed E-state index contributed by atoms with van der Waals surface area (Å²) < 4.78 is 13.4. The number of nitro groups is 1. The Bertz CT molecular complexity index is 1500. The lowest BCUT2D eigenvalue weighted by Gasteiger charge is -2.32. The van der Waals surface area contributed by atoms with Crippen molar-refractivity contribution >= 4 is 39.8 Å². The summed E-state index contributed by atoms with van der Waals surface area (Å²) in [5.74, 6) is 0.726. The number of methoxy groups -OCH3 is 1. The van der Waals surface area contributed by atoms with Crippen LogP contribution in [0.25, 0.3) is 22.2 Å². The minimum Gasteiger partial charge on any atom is -0.494 e. The molecule has 0 atom stereocenters. The van der Waals surface area contributed by atoms with Crippen molar-refractivity contribution in [2.45, 2.75) is 0 Å². The van der Waals surface area contributed by atoms with Gasteiger partial charge in [0.2, 0.25) is 11.7 Å². The highest BCUT2D eigenvalue weighted by Gasteiger charge is 2.22. The minimum atomic E-state index is -0.472. The van der Waals surface area contributed by atoms with Gasteiger partial charge in [0.05, 0.1) is 34.6 Å². The van der Waals surface area contributed by atoms with Crippen molar-refractivity contribution in [1.82, 2.24) is 24.3 Å². The average Bonchev–Trinajstić information content (AvgIpc) is 3.27. The number of nitro benzene ring substituents is 1. The van der Waals surface area contributed by atoms with E-state index >= 15 is 0 Å². The Balaban J connectivity index is 1.40. The van der Waals surface area contributed by atoms with Gasteiger partial charge in [-0.3, -0.25) is 15.0 Å². The number of ether oxygens (including phenoxy) is 2. The van der Waals surface area contributed by atoms with Gasteiger partial charge < -0.3 is 24.3 Å². The number of nitrogens with one attached hydrogen (secondary N) is 1. The predicted octanol–water partition coefficient (Wildman–Crippen LogP) is 4.58. The quantitative estimate of drug-likeness (QED) is 0.236. The molecule has 5 rings (SSSR count). The van der Waals surface area contributed by atoms with Crippen LogP contribution >= 0.6 is 11.6 Å². The van der Waals surface area contributed by atoms with E-state index in [4.69, 9.17) is 21.1 Å². The molecular weight excluding hydrogens is 522 g/mol. The van der Waals surface area contributed by atoms with E-state index in [2.05, 4.69) is 32.1 Å². The van der Waals surface area contributed by atoms with E-state index in [0.29, 0.717) is 35.3 Å². The summed E-state index contributed by atoms with van der Waals surface area (Å²) in [6.45, 7) is 4.87. The first-order chi connectivity index (χ1) is 18.8. The first kappa shape index (κ1) is 26.7. The fraction of sp³-hybridized carbons (Fsp3) is 0.333. The van der Waals surface area contributed by atoms with Crippen molar-refractivity contribution in [2.24, 2.45) is 7.05 Å². The van der Waals surface area contributed by atoms with Crippen molar-refractivity contribution in [2.75, 3.05) is 58.8 Å². The van der Waals surface area contributed by atoms with Crippen molar-refractivity contribution in [1.29, 1.82) is 0 Å². The SMILES string of the molecule is COc1cc(OCCN2CCN(C)CC2)c([N+](=O)[O-])cc1Nc1ncc(Cl)c(-c2cn(C)c3ccccc23)n1. The van der Waals surface area contributed by atoms with Gasteiger partial charge in [-0.1, -0.05) is 29.8 Å². The van der Waals surface area contributed by atoms with Gasteiger partial charge in [0.1, 0.15) is 12.4 Å². The highest BCUT2D eigenvalue weighted by atomic mass is 35.5. The third kappa shape index (κ3) is 5.75. The Hall–Kier alpha value is -3.93. The van der Waals surface area contributed by atoms with Crippen LogP contribution < -0.4 is 14.8 Å². The smallest absolute Gasteiger partial charge is 0.313 e. The molecule has 2 aromatic carbocycles. The molecule has 0 radical (unpaired) electrons. The molecule has 0 saturated carbocycles. The molecule has 1 saturated heterocycles. The van der Waals surface area contributed by atoms with Crippen molar-refractivity contribution < 1.29 is 14.4 Å². The first-order valence-corrected chi connectivity index (χ1v) is 13.0. The molecule has 1 aliphatic rings. The molecule has 12 heteroatoms. The van der Waals surface area contributed by atoms with Gasteiger partial charge in [-0.25, -0.2) is 9.97 Å². The zero-order chi connectivity index (χ0) is 27.5. The van der Waals surface area contributed by atoms with Crippen LogP contribution in [0.3, 0.4) is 0 Å². The molecule has 0 unspecified atom stereocenters. The van der Waals surface area contributed by atoms with Gasteiger partial charge in [0.15, 0.2) is 0 Å². The van der Waals surface area contributed by atoms with E-state index < -0.39 is 4.92 Å². The predicted molar refractivity (Wildman–Crippen MR) is 151 cm³/mol. The Morgan fingerprint density at radius 2 is 1.90 bits per heavy atom. The minimum absolute atomic E-state index is 0.144. The number of hydrogen-bond acceptors (Lipinski definition) is 9. The number of rotatable bonds is 9. The lowest BCUT2D eigenvalue weighted by Crippen LogP contribution is -2.45. The Kier molecular flexibility index (Phi) is 7.82. The molecule has 0 spiro atoms. The molecule has 4 aromatic rings. The number of benzene rings is 2. The van der Waals surface area contributed by atoms with Crippen LogP contribution in [0.15, 0.2) is 48.8 Å². The second-order valence-corrected chi connectivity index (χ2v) is 9.86. The number of likely N-dealkylation sites (N-methyl/N-ethyl adjacent to an activating group) is 1. The third-order valence-electron chi connectivity index (χ3n) is 6.88. The fourth-order valence-corrected chi connectivity index (χ4v) is 4.89. The first-order valence-electron chi connectivity index (χ1n) is 12.6. The van der Waals surface area contributed by atoms with Crippen LogP contribution in [0.1, 0.15) is 0 Å². The number of para-hydroxylation sites is 1. The van der Waals surface area contributed by atoms with E-state index in [1.54, 1.807) is 0 Å². The van der Waals surface area contributed by atoms with E-state index in [-0.39, 0.29) is 17.4 Å². The summed E-state index contributed by atoms with van der Waals surface area (Å²) in [4.78, 5) is 25.0. The number of anilines is 2. The summed E-state index contributed by atoms with van der Waals surface area (Å²) in [5, 5.41) is 16.4. The molecule has 204 valence electrons. The molecular formula is C27H30ClN7O4. The van der Waals surface area contributed by atoms with Gasteiger partial charge in [-0.05, 0) is 13.1 Å². The van der Waals surface area contributed by atoms with E-state index in [0.717, 1.165) is 42.6 Å².